The smallest absolute Gasteiger partial charge is 0.0416 e. The van der Waals surface area contributed by atoms with Gasteiger partial charge in [0.1, 0.15) is 0 Å². The summed E-state index contributed by atoms with van der Waals surface area (Å²) in [5, 5.41) is 3.34. The van der Waals surface area contributed by atoms with E-state index in [2.05, 4.69) is 49.5 Å². The van der Waals surface area contributed by atoms with E-state index in [1.54, 1.807) is 0 Å². The standard InChI is InChI=1S/C12H15N/c1-9(2)10-5-6-12-11(8-10)4-3-7-13-12/h3-6,8-9,13H,7H2,1-2H3. The van der Waals surface area contributed by atoms with Crippen LogP contribution >= 0.6 is 0 Å². The molecule has 1 heterocycles. The van der Waals surface area contributed by atoms with Gasteiger partial charge in [0.05, 0.1) is 0 Å². The van der Waals surface area contributed by atoms with Crippen molar-refractivity contribution in [3.05, 3.63) is 35.4 Å². The minimum Gasteiger partial charge on any atom is -0.381 e. The molecule has 1 heteroatoms. The van der Waals surface area contributed by atoms with Gasteiger partial charge in [-0.25, -0.2) is 0 Å². The van der Waals surface area contributed by atoms with Crippen molar-refractivity contribution in [2.45, 2.75) is 19.8 Å². The zero-order valence-electron chi connectivity index (χ0n) is 8.17. The molecule has 0 aliphatic carbocycles. The summed E-state index contributed by atoms with van der Waals surface area (Å²) >= 11 is 0. The molecule has 0 bridgehead atoms. The normalized spacial score (nSPS) is 14.1. The highest BCUT2D eigenvalue weighted by atomic mass is 14.9. The topological polar surface area (TPSA) is 12.0 Å². The van der Waals surface area contributed by atoms with E-state index < -0.39 is 0 Å². The van der Waals surface area contributed by atoms with Crippen molar-refractivity contribution < 1.29 is 0 Å². The molecule has 0 fully saturated rings. The lowest BCUT2D eigenvalue weighted by Crippen LogP contribution is -2.04. The fourth-order valence-corrected chi connectivity index (χ4v) is 1.59. The third-order valence-corrected chi connectivity index (χ3v) is 2.45. The van der Waals surface area contributed by atoms with E-state index in [0.29, 0.717) is 5.92 Å². The van der Waals surface area contributed by atoms with Crippen LogP contribution in [0, 0.1) is 0 Å². The van der Waals surface area contributed by atoms with Crippen LogP contribution in [0.25, 0.3) is 6.08 Å². The number of nitrogens with one attached hydrogen (secondary N) is 1. The van der Waals surface area contributed by atoms with Crippen LogP contribution in [0.2, 0.25) is 0 Å². The Kier molecular flexibility index (Phi) is 2.09. The lowest BCUT2D eigenvalue weighted by Gasteiger charge is -2.15. The molecule has 1 aliphatic rings. The van der Waals surface area contributed by atoms with Gasteiger partial charge in [-0.05, 0) is 29.2 Å². The van der Waals surface area contributed by atoms with Gasteiger partial charge in [-0.1, -0.05) is 32.1 Å². The fourth-order valence-electron chi connectivity index (χ4n) is 1.59. The van der Waals surface area contributed by atoms with Crippen LogP contribution in [0.4, 0.5) is 5.69 Å². The van der Waals surface area contributed by atoms with Crippen LogP contribution in [0.1, 0.15) is 30.9 Å². The number of fused-ring (bicyclic) bond motifs is 1. The van der Waals surface area contributed by atoms with E-state index in [1.165, 1.54) is 16.8 Å². The van der Waals surface area contributed by atoms with E-state index in [4.69, 9.17) is 0 Å². The predicted molar refractivity (Wildman–Crippen MR) is 58.1 cm³/mol. The maximum Gasteiger partial charge on any atom is 0.0416 e. The fraction of sp³-hybridized carbons (Fsp3) is 0.333. The van der Waals surface area contributed by atoms with Gasteiger partial charge < -0.3 is 5.32 Å². The molecule has 0 saturated carbocycles. The molecule has 1 aromatic carbocycles. The van der Waals surface area contributed by atoms with Gasteiger partial charge in [0.2, 0.25) is 0 Å². The molecule has 0 amide bonds. The van der Waals surface area contributed by atoms with E-state index in [0.717, 1.165) is 6.54 Å². The van der Waals surface area contributed by atoms with Crippen LogP contribution in [0.5, 0.6) is 0 Å². The lowest BCUT2D eigenvalue weighted by atomic mass is 9.98. The van der Waals surface area contributed by atoms with Crippen molar-refractivity contribution >= 4 is 11.8 Å². The lowest BCUT2D eigenvalue weighted by molar-refractivity contribution is 0.866. The summed E-state index contributed by atoms with van der Waals surface area (Å²) < 4.78 is 0. The molecule has 0 atom stereocenters. The summed E-state index contributed by atoms with van der Waals surface area (Å²) in [6.07, 6.45) is 4.35. The Hall–Kier alpha value is -1.24. The van der Waals surface area contributed by atoms with Gasteiger partial charge in [-0.3, -0.25) is 0 Å². The highest BCUT2D eigenvalue weighted by molar-refractivity contribution is 5.70. The van der Waals surface area contributed by atoms with E-state index in [1.807, 2.05) is 0 Å². The van der Waals surface area contributed by atoms with Crippen molar-refractivity contribution in [3.8, 4) is 0 Å². The molecule has 0 saturated heterocycles. The van der Waals surface area contributed by atoms with Gasteiger partial charge in [-0.2, -0.15) is 0 Å². The maximum atomic E-state index is 3.34. The molecule has 2 rings (SSSR count). The Morgan fingerprint density at radius 1 is 1.31 bits per heavy atom. The predicted octanol–water partition coefficient (Wildman–Crippen LogP) is 3.25. The van der Waals surface area contributed by atoms with Crippen LogP contribution in [0.3, 0.4) is 0 Å². The zero-order chi connectivity index (χ0) is 9.26. The molecule has 1 aliphatic heterocycles. The van der Waals surface area contributed by atoms with E-state index in [9.17, 15) is 0 Å². The van der Waals surface area contributed by atoms with E-state index >= 15 is 0 Å². The summed E-state index contributed by atoms with van der Waals surface area (Å²) in [6, 6.07) is 6.65. The first-order valence-electron chi connectivity index (χ1n) is 4.82. The van der Waals surface area contributed by atoms with Gasteiger partial charge in [0.15, 0.2) is 0 Å². The number of hydrogen-bond donors (Lipinski definition) is 1. The molecular weight excluding hydrogens is 158 g/mol. The summed E-state index contributed by atoms with van der Waals surface area (Å²) in [5.41, 5.74) is 3.98. The average Bonchev–Trinajstić information content (AvgIpc) is 2.17. The molecule has 1 N–H and O–H groups in total. The Balaban J connectivity index is 2.43. The average molecular weight is 173 g/mol. The monoisotopic (exact) mass is 173 g/mol. The zero-order valence-corrected chi connectivity index (χ0v) is 8.17. The molecule has 0 unspecified atom stereocenters. The molecule has 68 valence electrons. The molecule has 1 aromatic rings. The van der Waals surface area contributed by atoms with Crippen molar-refractivity contribution in [1.82, 2.24) is 0 Å². The molecule has 1 nitrogen and oxygen atoms in total. The molecule has 13 heavy (non-hydrogen) atoms. The number of hydrogen-bond acceptors (Lipinski definition) is 1. The van der Waals surface area contributed by atoms with Crippen molar-refractivity contribution in [3.63, 3.8) is 0 Å². The highest BCUT2D eigenvalue weighted by Crippen LogP contribution is 2.25. The van der Waals surface area contributed by atoms with Crippen LogP contribution < -0.4 is 5.32 Å². The summed E-state index contributed by atoms with van der Waals surface area (Å²) in [6.45, 7) is 5.40. The second-order valence-corrected chi connectivity index (χ2v) is 3.78. The minimum atomic E-state index is 0.612. The van der Waals surface area contributed by atoms with Crippen molar-refractivity contribution in [2.24, 2.45) is 0 Å². The van der Waals surface area contributed by atoms with Crippen LogP contribution in [-0.4, -0.2) is 6.54 Å². The first-order chi connectivity index (χ1) is 6.27. The number of benzene rings is 1. The Bertz CT molecular complexity index is 337. The highest BCUT2D eigenvalue weighted by Gasteiger charge is 2.05. The SMILES string of the molecule is CC(C)c1ccc2c(c1)C=CCN2. The molecular formula is C12H15N. The van der Waals surface area contributed by atoms with E-state index in [-0.39, 0.29) is 0 Å². The summed E-state index contributed by atoms with van der Waals surface area (Å²) in [7, 11) is 0. The molecule has 0 radical (unpaired) electrons. The quantitative estimate of drug-likeness (QED) is 0.687. The summed E-state index contributed by atoms with van der Waals surface area (Å²) in [5.74, 6) is 0.612. The van der Waals surface area contributed by atoms with Gasteiger partial charge in [0, 0.05) is 12.2 Å². The third-order valence-electron chi connectivity index (χ3n) is 2.45. The Morgan fingerprint density at radius 3 is 2.92 bits per heavy atom. The second-order valence-electron chi connectivity index (χ2n) is 3.78. The third kappa shape index (κ3) is 1.59. The van der Waals surface area contributed by atoms with Crippen molar-refractivity contribution in [2.75, 3.05) is 11.9 Å². The van der Waals surface area contributed by atoms with Crippen LogP contribution in [-0.2, 0) is 0 Å². The number of rotatable bonds is 1. The minimum absolute atomic E-state index is 0.612. The molecule has 0 aromatic heterocycles. The van der Waals surface area contributed by atoms with Crippen LogP contribution in [0.15, 0.2) is 24.3 Å². The first-order valence-corrected chi connectivity index (χ1v) is 4.82. The first kappa shape index (κ1) is 8.36. The van der Waals surface area contributed by atoms with Crippen molar-refractivity contribution in [1.29, 1.82) is 0 Å². The maximum absolute atomic E-state index is 3.34. The van der Waals surface area contributed by atoms with Gasteiger partial charge in [0.25, 0.3) is 0 Å². The Labute approximate surface area is 79.5 Å². The second kappa shape index (κ2) is 3.25. The van der Waals surface area contributed by atoms with Gasteiger partial charge in [-0.15, -0.1) is 0 Å². The Morgan fingerprint density at radius 2 is 2.15 bits per heavy atom. The summed E-state index contributed by atoms with van der Waals surface area (Å²) in [4.78, 5) is 0. The largest absolute Gasteiger partial charge is 0.381 e. The van der Waals surface area contributed by atoms with Gasteiger partial charge >= 0.3 is 0 Å². The number of anilines is 1. The molecule has 0 spiro atoms.